The highest BCUT2D eigenvalue weighted by Gasteiger charge is 2.40. The summed E-state index contributed by atoms with van der Waals surface area (Å²) in [5.41, 5.74) is 0. The van der Waals surface area contributed by atoms with Gasteiger partial charge in [0.05, 0.1) is 0 Å². The molecule has 1 saturated heterocycles. The molecule has 1 aromatic rings. The van der Waals surface area contributed by atoms with E-state index in [0.717, 1.165) is 22.6 Å². The Morgan fingerprint density at radius 2 is 2.20 bits per heavy atom. The minimum absolute atomic E-state index is 0.107. The Morgan fingerprint density at radius 1 is 1.50 bits per heavy atom. The summed E-state index contributed by atoms with van der Waals surface area (Å²) < 4.78 is 25.5. The molecule has 10 heteroatoms. The number of rotatable bonds is 4. The second-order valence-electron chi connectivity index (χ2n) is 4.22. The minimum atomic E-state index is -4.01. The van der Waals surface area contributed by atoms with Gasteiger partial charge in [0.2, 0.25) is 10.0 Å². The van der Waals surface area contributed by atoms with Crippen LogP contribution in [0.5, 0.6) is 0 Å². The lowest BCUT2D eigenvalue weighted by molar-refractivity contribution is -0.389. The molecule has 2 rings (SSSR count). The van der Waals surface area contributed by atoms with Crippen molar-refractivity contribution in [3.05, 3.63) is 28.4 Å². The third kappa shape index (κ3) is 2.47. The average molecular weight is 301 g/mol. The van der Waals surface area contributed by atoms with Crippen LogP contribution >= 0.6 is 0 Å². The van der Waals surface area contributed by atoms with Crippen molar-refractivity contribution < 1.29 is 23.2 Å². The van der Waals surface area contributed by atoms with Crippen LogP contribution in [0.3, 0.4) is 0 Å². The van der Waals surface area contributed by atoms with Crippen LogP contribution < -0.4 is 0 Å². The van der Waals surface area contributed by atoms with Crippen LogP contribution in [0.2, 0.25) is 0 Å². The maximum absolute atomic E-state index is 12.3. The second kappa shape index (κ2) is 5.13. The highest BCUT2D eigenvalue weighted by Crippen LogP contribution is 2.26. The molecule has 108 valence electrons. The van der Waals surface area contributed by atoms with E-state index < -0.39 is 32.8 Å². The van der Waals surface area contributed by atoms with Crippen LogP contribution in [0, 0.1) is 10.1 Å². The van der Waals surface area contributed by atoms with Crippen LogP contribution in [0.4, 0.5) is 5.82 Å². The van der Waals surface area contributed by atoms with E-state index in [1.54, 1.807) is 0 Å². The van der Waals surface area contributed by atoms with Crippen molar-refractivity contribution in [3.63, 3.8) is 0 Å². The van der Waals surface area contributed by atoms with E-state index in [2.05, 4.69) is 4.98 Å². The largest absolute Gasteiger partial charge is 0.480 e. The van der Waals surface area contributed by atoms with Gasteiger partial charge in [-0.3, -0.25) is 4.79 Å². The predicted octanol–water partition coefficient (Wildman–Crippen LogP) is 0.227. The topological polar surface area (TPSA) is 131 Å². The number of aromatic nitrogens is 1. The Balaban J connectivity index is 2.35. The zero-order valence-corrected chi connectivity index (χ0v) is 11.0. The lowest BCUT2D eigenvalue weighted by atomic mass is 10.2. The SMILES string of the molecule is O=C(O)[C@H]1CCCN1S(=O)(=O)c1ccc([N+](=O)[O-])nc1. The van der Waals surface area contributed by atoms with Crippen molar-refractivity contribution in [2.24, 2.45) is 0 Å². The van der Waals surface area contributed by atoms with Gasteiger partial charge in [-0.15, -0.1) is 0 Å². The highest BCUT2D eigenvalue weighted by molar-refractivity contribution is 7.89. The Morgan fingerprint density at radius 3 is 2.70 bits per heavy atom. The zero-order valence-electron chi connectivity index (χ0n) is 10.2. The van der Waals surface area contributed by atoms with Crippen molar-refractivity contribution in [2.75, 3.05) is 6.54 Å². The van der Waals surface area contributed by atoms with E-state index in [1.165, 1.54) is 0 Å². The normalized spacial score (nSPS) is 19.9. The van der Waals surface area contributed by atoms with Gasteiger partial charge < -0.3 is 15.2 Å². The maximum Gasteiger partial charge on any atom is 0.363 e. The Labute approximate surface area is 114 Å². The summed E-state index contributed by atoms with van der Waals surface area (Å²) in [6, 6.07) is 0.923. The number of hydrogen-bond acceptors (Lipinski definition) is 6. The molecule has 20 heavy (non-hydrogen) atoms. The molecule has 1 aliphatic rings. The fraction of sp³-hybridized carbons (Fsp3) is 0.400. The molecule has 1 aromatic heterocycles. The van der Waals surface area contributed by atoms with Crippen LogP contribution in [-0.4, -0.2) is 46.3 Å². The number of aliphatic carboxylic acids is 1. The summed E-state index contributed by atoms with van der Waals surface area (Å²) in [4.78, 5) is 23.9. The molecule has 1 aliphatic heterocycles. The van der Waals surface area contributed by atoms with Gasteiger partial charge in [0.1, 0.15) is 10.9 Å². The summed E-state index contributed by atoms with van der Waals surface area (Å²) in [5, 5.41) is 19.5. The van der Waals surface area contributed by atoms with Crippen molar-refractivity contribution >= 4 is 21.8 Å². The van der Waals surface area contributed by atoms with Crippen LogP contribution in [0.15, 0.2) is 23.2 Å². The van der Waals surface area contributed by atoms with Gasteiger partial charge in [-0.25, -0.2) is 8.42 Å². The first kappa shape index (κ1) is 14.3. The number of pyridine rings is 1. The van der Waals surface area contributed by atoms with Crippen molar-refractivity contribution in [2.45, 2.75) is 23.8 Å². The molecule has 0 saturated carbocycles. The Hall–Kier alpha value is -2.07. The van der Waals surface area contributed by atoms with E-state index in [1.807, 2.05) is 0 Å². The Kier molecular flexibility index (Phi) is 3.68. The molecule has 0 bridgehead atoms. The lowest BCUT2D eigenvalue weighted by Crippen LogP contribution is -2.40. The Bertz CT molecular complexity index is 641. The number of carbonyl (C=O) groups is 1. The standard InChI is InChI=1S/C10H11N3O6S/c14-10(15)8-2-1-5-12(8)20(18,19)7-3-4-9(11-6-7)13(16)17/h3-4,6,8H,1-2,5H2,(H,14,15)/t8-/m1/s1. The third-order valence-corrected chi connectivity index (χ3v) is 4.89. The average Bonchev–Trinajstić information content (AvgIpc) is 2.89. The fourth-order valence-corrected chi connectivity index (χ4v) is 3.64. The predicted molar refractivity (Wildman–Crippen MR) is 65.4 cm³/mol. The molecule has 0 aliphatic carbocycles. The van der Waals surface area contributed by atoms with Crippen molar-refractivity contribution in [3.8, 4) is 0 Å². The monoisotopic (exact) mass is 301 g/mol. The number of hydrogen-bond donors (Lipinski definition) is 1. The van der Waals surface area contributed by atoms with Gasteiger partial charge in [0.15, 0.2) is 6.20 Å². The molecule has 0 unspecified atom stereocenters. The maximum atomic E-state index is 12.3. The molecule has 0 spiro atoms. The summed E-state index contributed by atoms with van der Waals surface area (Å²) in [6.07, 6.45) is 1.57. The molecule has 2 heterocycles. The summed E-state index contributed by atoms with van der Waals surface area (Å²) in [6.45, 7) is 0.107. The van der Waals surface area contributed by atoms with E-state index in [-0.39, 0.29) is 17.9 Å². The van der Waals surface area contributed by atoms with Gasteiger partial charge in [-0.05, 0) is 28.8 Å². The third-order valence-electron chi connectivity index (χ3n) is 3.00. The first-order valence-corrected chi connectivity index (χ1v) is 7.13. The molecular formula is C10H11N3O6S. The molecular weight excluding hydrogens is 290 g/mol. The van der Waals surface area contributed by atoms with Gasteiger partial charge in [-0.2, -0.15) is 4.31 Å². The molecule has 0 radical (unpaired) electrons. The molecule has 1 N–H and O–H groups in total. The zero-order chi connectivity index (χ0) is 14.9. The molecule has 9 nitrogen and oxygen atoms in total. The first-order chi connectivity index (χ1) is 9.34. The van der Waals surface area contributed by atoms with Gasteiger partial charge in [0.25, 0.3) is 0 Å². The van der Waals surface area contributed by atoms with Gasteiger partial charge in [-0.1, -0.05) is 0 Å². The summed E-state index contributed by atoms with van der Waals surface area (Å²) in [7, 11) is -4.01. The van der Waals surface area contributed by atoms with E-state index in [4.69, 9.17) is 5.11 Å². The molecule has 0 amide bonds. The fourth-order valence-electron chi connectivity index (χ4n) is 2.04. The van der Waals surface area contributed by atoms with Crippen molar-refractivity contribution in [1.29, 1.82) is 0 Å². The highest BCUT2D eigenvalue weighted by atomic mass is 32.2. The van der Waals surface area contributed by atoms with E-state index in [9.17, 15) is 23.3 Å². The van der Waals surface area contributed by atoms with Crippen molar-refractivity contribution in [1.82, 2.24) is 9.29 Å². The smallest absolute Gasteiger partial charge is 0.363 e. The van der Waals surface area contributed by atoms with E-state index >= 15 is 0 Å². The summed E-state index contributed by atoms with van der Waals surface area (Å²) in [5.74, 6) is -1.68. The van der Waals surface area contributed by atoms with Crippen LogP contribution in [0.25, 0.3) is 0 Å². The molecule has 1 atom stereocenters. The first-order valence-electron chi connectivity index (χ1n) is 5.69. The van der Waals surface area contributed by atoms with Gasteiger partial charge >= 0.3 is 11.8 Å². The quantitative estimate of drug-likeness (QED) is 0.622. The lowest BCUT2D eigenvalue weighted by Gasteiger charge is -2.20. The van der Waals surface area contributed by atoms with Crippen LogP contribution in [0.1, 0.15) is 12.8 Å². The number of nitrogens with zero attached hydrogens (tertiary/aromatic N) is 3. The summed E-state index contributed by atoms with van der Waals surface area (Å²) >= 11 is 0. The minimum Gasteiger partial charge on any atom is -0.480 e. The molecule has 0 aromatic carbocycles. The van der Waals surface area contributed by atoms with Crippen LogP contribution in [-0.2, 0) is 14.8 Å². The second-order valence-corrected chi connectivity index (χ2v) is 6.11. The number of carboxylic acid groups (broad SMARTS) is 1. The number of sulfonamides is 1. The van der Waals surface area contributed by atoms with E-state index in [0.29, 0.717) is 6.42 Å². The number of carboxylic acids is 1. The molecule has 1 fully saturated rings. The van der Waals surface area contributed by atoms with Gasteiger partial charge in [0, 0.05) is 12.6 Å². The number of nitro groups is 1.